The normalized spacial score (nSPS) is 10.8. The number of nitrogens with zero attached hydrogens (tertiary/aromatic N) is 3. The van der Waals surface area contributed by atoms with Crippen LogP contribution in [0.4, 0.5) is 5.69 Å². The minimum absolute atomic E-state index is 0.220. The molecule has 136 valence electrons. The van der Waals surface area contributed by atoms with E-state index < -0.39 is 0 Å². The number of aromatic nitrogens is 3. The molecule has 0 unspecified atom stereocenters. The number of fused-ring (bicyclic) bond motifs is 1. The Balaban J connectivity index is 1.97. The molecule has 1 N–H and O–H groups in total. The van der Waals surface area contributed by atoms with Gasteiger partial charge in [0.25, 0.3) is 5.91 Å². The molecular formula is C19H22N4O3. The van der Waals surface area contributed by atoms with Crippen LogP contribution < -0.4 is 14.8 Å². The Bertz CT molecular complexity index is 979. The van der Waals surface area contributed by atoms with E-state index in [4.69, 9.17) is 9.47 Å². The maximum Gasteiger partial charge on any atom is 0.256 e. The lowest BCUT2D eigenvalue weighted by Crippen LogP contribution is -2.13. The number of nitrogens with one attached hydrogen (secondary N) is 1. The lowest BCUT2D eigenvalue weighted by atomic mass is 10.1. The number of hydrogen-bond donors (Lipinski definition) is 1. The van der Waals surface area contributed by atoms with E-state index in [0.29, 0.717) is 35.0 Å². The van der Waals surface area contributed by atoms with Crippen LogP contribution in [0.15, 0.2) is 24.3 Å². The standard InChI is InChI=1S/C19H22N4O3/c1-6-26-15-8-7-13(10-16(15)25-5)21-19(24)14-9-11(2)20-18-17(14)12(3)22-23(18)4/h7-10H,6H2,1-5H3,(H,21,24). The molecule has 0 saturated carbocycles. The molecule has 2 heterocycles. The molecule has 7 nitrogen and oxygen atoms in total. The largest absolute Gasteiger partial charge is 0.493 e. The third-order valence-corrected chi connectivity index (χ3v) is 4.06. The number of anilines is 1. The van der Waals surface area contributed by atoms with E-state index in [-0.39, 0.29) is 5.91 Å². The quantitative estimate of drug-likeness (QED) is 0.761. The molecule has 1 aromatic carbocycles. The van der Waals surface area contributed by atoms with Crippen LogP contribution >= 0.6 is 0 Å². The minimum Gasteiger partial charge on any atom is -0.493 e. The molecule has 1 amide bonds. The maximum atomic E-state index is 12.9. The van der Waals surface area contributed by atoms with Gasteiger partial charge in [-0.2, -0.15) is 5.10 Å². The van der Waals surface area contributed by atoms with Crippen LogP contribution in [-0.4, -0.2) is 34.4 Å². The molecule has 0 aliphatic heterocycles. The highest BCUT2D eigenvalue weighted by Crippen LogP contribution is 2.31. The van der Waals surface area contributed by atoms with Crippen molar-refractivity contribution in [1.82, 2.24) is 14.8 Å². The number of amides is 1. The van der Waals surface area contributed by atoms with Crippen molar-refractivity contribution in [3.8, 4) is 11.5 Å². The highest BCUT2D eigenvalue weighted by Gasteiger charge is 2.18. The monoisotopic (exact) mass is 354 g/mol. The summed E-state index contributed by atoms with van der Waals surface area (Å²) in [4.78, 5) is 17.4. The Labute approximate surface area is 151 Å². The first-order valence-electron chi connectivity index (χ1n) is 8.37. The molecule has 3 aromatic rings. The Morgan fingerprint density at radius 3 is 2.69 bits per heavy atom. The predicted octanol–water partition coefficient (Wildman–Crippen LogP) is 3.24. The first-order chi connectivity index (χ1) is 12.4. The van der Waals surface area contributed by atoms with Crippen LogP contribution in [0, 0.1) is 13.8 Å². The first-order valence-corrected chi connectivity index (χ1v) is 8.37. The fourth-order valence-corrected chi connectivity index (χ4v) is 2.97. The van der Waals surface area contributed by atoms with Gasteiger partial charge in [0.15, 0.2) is 17.1 Å². The van der Waals surface area contributed by atoms with Gasteiger partial charge in [0.05, 0.1) is 30.4 Å². The van der Waals surface area contributed by atoms with Gasteiger partial charge in [-0.1, -0.05) is 0 Å². The number of methoxy groups -OCH3 is 1. The number of carbonyl (C=O) groups is 1. The second-order valence-corrected chi connectivity index (χ2v) is 5.97. The van der Waals surface area contributed by atoms with Crippen molar-refractivity contribution in [2.75, 3.05) is 19.0 Å². The molecule has 0 saturated heterocycles. The number of hydrogen-bond acceptors (Lipinski definition) is 5. The van der Waals surface area contributed by atoms with E-state index in [2.05, 4.69) is 15.4 Å². The third-order valence-electron chi connectivity index (χ3n) is 4.06. The Hall–Kier alpha value is -3.09. The van der Waals surface area contributed by atoms with Gasteiger partial charge < -0.3 is 14.8 Å². The second kappa shape index (κ2) is 7.03. The summed E-state index contributed by atoms with van der Waals surface area (Å²) < 4.78 is 12.5. The fraction of sp³-hybridized carbons (Fsp3) is 0.316. The SMILES string of the molecule is CCOc1ccc(NC(=O)c2cc(C)nc3c2c(C)nn3C)cc1OC. The van der Waals surface area contributed by atoms with Crippen molar-refractivity contribution in [2.24, 2.45) is 7.05 Å². The maximum absolute atomic E-state index is 12.9. The van der Waals surface area contributed by atoms with Crippen LogP contribution in [0.1, 0.15) is 28.7 Å². The van der Waals surface area contributed by atoms with Crippen molar-refractivity contribution < 1.29 is 14.3 Å². The molecule has 2 aromatic heterocycles. The summed E-state index contributed by atoms with van der Waals surface area (Å²) in [5.41, 5.74) is 3.39. The lowest BCUT2D eigenvalue weighted by Gasteiger charge is -2.12. The molecule has 7 heteroatoms. The van der Waals surface area contributed by atoms with E-state index in [1.807, 2.05) is 27.8 Å². The second-order valence-electron chi connectivity index (χ2n) is 5.97. The van der Waals surface area contributed by atoms with Crippen LogP contribution in [0.3, 0.4) is 0 Å². The molecule has 26 heavy (non-hydrogen) atoms. The molecule has 3 rings (SSSR count). The zero-order valence-electron chi connectivity index (χ0n) is 15.6. The number of rotatable bonds is 5. The average Bonchev–Trinajstić information content (AvgIpc) is 2.89. The van der Waals surface area contributed by atoms with Crippen LogP contribution in [-0.2, 0) is 7.05 Å². The predicted molar refractivity (Wildman–Crippen MR) is 100 cm³/mol. The summed E-state index contributed by atoms with van der Waals surface area (Å²) >= 11 is 0. The third kappa shape index (κ3) is 3.20. The summed E-state index contributed by atoms with van der Waals surface area (Å²) in [6, 6.07) is 7.08. The molecule has 0 radical (unpaired) electrons. The van der Waals surface area contributed by atoms with Crippen LogP contribution in [0.5, 0.6) is 11.5 Å². The Kier molecular flexibility index (Phi) is 4.79. The van der Waals surface area contributed by atoms with Gasteiger partial charge in [-0.15, -0.1) is 0 Å². The molecule has 0 atom stereocenters. The van der Waals surface area contributed by atoms with E-state index in [1.54, 1.807) is 36.1 Å². The van der Waals surface area contributed by atoms with Gasteiger partial charge in [0.1, 0.15) is 0 Å². The molecule has 0 bridgehead atoms. The lowest BCUT2D eigenvalue weighted by molar-refractivity contribution is 0.102. The average molecular weight is 354 g/mol. The molecule has 0 aliphatic carbocycles. The van der Waals surface area contributed by atoms with Crippen molar-refractivity contribution in [3.63, 3.8) is 0 Å². The fourth-order valence-electron chi connectivity index (χ4n) is 2.97. The smallest absolute Gasteiger partial charge is 0.256 e. The van der Waals surface area contributed by atoms with E-state index in [0.717, 1.165) is 16.8 Å². The summed E-state index contributed by atoms with van der Waals surface area (Å²) in [5, 5.41) is 8.06. The topological polar surface area (TPSA) is 78.3 Å². The summed E-state index contributed by atoms with van der Waals surface area (Å²) in [5.74, 6) is 0.985. The van der Waals surface area contributed by atoms with Gasteiger partial charge in [-0.25, -0.2) is 4.98 Å². The van der Waals surface area contributed by atoms with Gasteiger partial charge in [0, 0.05) is 24.5 Å². The van der Waals surface area contributed by atoms with Gasteiger partial charge >= 0.3 is 0 Å². The summed E-state index contributed by atoms with van der Waals surface area (Å²) in [7, 11) is 3.39. The number of benzene rings is 1. The van der Waals surface area contributed by atoms with Crippen molar-refractivity contribution in [3.05, 3.63) is 41.2 Å². The zero-order chi connectivity index (χ0) is 18.8. The molecule has 0 aliphatic rings. The Morgan fingerprint density at radius 2 is 2.00 bits per heavy atom. The first kappa shape index (κ1) is 17.7. The summed E-state index contributed by atoms with van der Waals surface area (Å²) in [6.45, 7) is 6.17. The van der Waals surface area contributed by atoms with Crippen LogP contribution in [0.25, 0.3) is 11.0 Å². The molecular weight excluding hydrogens is 332 g/mol. The van der Waals surface area contributed by atoms with Crippen molar-refractivity contribution in [2.45, 2.75) is 20.8 Å². The van der Waals surface area contributed by atoms with Crippen LogP contribution in [0.2, 0.25) is 0 Å². The van der Waals surface area contributed by atoms with Gasteiger partial charge in [0.2, 0.25) is 0 Å². The minimum atomic E-state index is -0.220. The molecule has 0 fully saturated rings. The van der Waals surface area contributed by atoms with E-state index in [9.17, 15) is 4.79 Å². The Morgan fingerprint density at radius 1 is 1.23 bits per heavy atom. The molecule has 0 spiro atoms. The highest BCUT2D eigenvalue weighted by molar-refractivity contribution is 6.12. The highest BCUT2D eigenvalue weighted by atomic mass is 16.5. The summed E-state index contributed by atoms with van der Waals surface area (Å²) in [6.07, 6.45) is 0. The van der Waals surface area contributed by atoms with E-state index >= 15 is 0 Å². The number of carbonyl (C=O) groups excluding carboxylic acids is 1. The number of pyridine rings is 1. The van der Waals surface area contributed by atoms with Gasteiger partial charge in [-0.3, -0.25) is 9.48 Å². The number of ether oxygens (including phenoxy) is 2. The van der Waals surface area contributed by atoms with Gasteiger partial charge in [-0.05, 0) is 39.0 Å². The van der Waals surface area contributed by atoms with Crippen molar-refractivity contribution in [1.29, 1.82) is 0 Å². The van der Waals surface area contributed by atoms with E-state index in [1.165, 1.54) is 0 Å². The zero-order valence-corrected chi connectivity index (χ0v) is 15.6. The van der Waals surface area contributed by atoms with Crippen molar-refractivity contribution >= 4 is 22.6 Å². The number of aryl methyl sites for hydroxylation is 3.